The summed E-state index contributed by atoms with van der Waals surface area (Å²) in [6.07, 6.45) is 0. The maximum Gasteiger partial charge on any atom is 0.252 e. The summed E-state index contributed by atoms with van der Waals surface area (Å²) in [6.45, 7) is 0.545. The van der Waals surface area contributed by atoms with Crippen LogP contribution in [-0.4, -0.2) is 10.5 Å². The smallest absolute Gasteiger partial charge is 0.252 e. The highest BCUT2D eigenvalue weighted by atomic mass is 35.5. The van der Waals surface area contributed by atoms with Gasteiger partial charge in [0.05, 0.1) is 11.1 Å². The van der Waals surface area contributed by atoms with Crippen LogP contribution in [0.25, 0.3) is 10.9 Å². The molecule has 0 spiro atoms. The van der Waals surface area contributed by atoms with Crippen molar-refractivity contribution in [2.45, 2.75) is 6.54 Å². The van der Waals surface area contributed by atoms with Gasteiger partial charge in [0.15, 0.2) is 0 Å². The van der Waals surface area contributed by atoms with Crippen molar-refractivity contribution in [2.75, 3.05) is 0 Å². The zero-order chi connectivity index (χ0) is 15.0. The van der Waals surface area contributed by atoms with Crippen molar-refractivity contribution in [1.82, 2.24) is 4.57 Å². The number of hydrogen-bond donors (Lipinski definition) is 1. The van der Waals surface area contributed by atoms with Crippen LogP contribution in [0.15, 0.2) is 48.5 Å². The molecule has 0 saturated heterocycles. The summed E-state index contributed by atoms with van der Waals surface area (Å²) < 4.78 is 1.88. The summed E-state index contributed by atoms with van der Waals surface area (Å²) in [5.74, 6) is -0.522. The quantitative estimate of drug-likeness (QED) is 0.776. The number of amides is 1. The molecule has 0 radical (unpaired) electrons. The van der Waals surface area contributed by atoms with Gasteiger partial charge in [0.2, 0.25) is 0 Å². The monoisotopic (exact) mass is 318 g/mol. The summed E-state index contributed by atoms with van der Waals surface area (Å²) >= 11 is 12.3. The number of rotatable bonds is 3. The number of nitrogens with zero attached hydrogens (tertiary/aromatic N) is 1. The van der Waals surface area contributed by atoms with Crippen LogP contribution in [0.1, 0.15) is 15.9 Å². The minimum Gasteiger partial charge on any atom is -0.365 e. The SMILES string of the molecule is NC(=O)c1c(Cl)n(Cc2ccc(Cl)cc2)c2ccccc12. The maximum atomic E-state index is 11.7. The fourth-order valence-electron chi connectivity index (χ4n) is 2.43. The van der Waals surface area contributed by atoms with E-state index in [0.29, 0.717) is 22.3 Å². The fraction of sp³-hybridized carbons (Fsp3) is 0.0625. The number of para-hydroxylation sites is 1. The molecule has 1 amide bonds. The summed E-state index contributed by atoms with van der Waals surface area (Å²) in [4.78, 5) is 11.7. The van der Waals surface area contributed by atoms with Gasteiger partial charge in [-0.1, -0.05) is 53.5 Å². The molecule has 21 heavy (non-hydrogen) atoms. The highest BCUT2D eigenvalue weighted by molar-refractivity contribution is 6.35. The first-order chi connectivity index (χ1) is 10.1. The third kappa shape index (κ3) is 2.50. The Balaban J connectivity index is 2.16. The van der Waals surface area contributed by atoms with E-state index in [0.717, 1.165) is 16.5 Å². The zero-order valence-corrected chi connectivity index (χ0v) is 12.5. The van der Waals surface area contributed by atoms with Crippen LogP contribution < -0.4 is 5.73 Å². The van der Waals surface area contributed by atoms with Gasteiger partial charge in [0.1, 0.15) is 5.15 Å². The van der Waals surface area contributed by atoms with E-state index in [-0.39, 0.29) is 0 Å². The first-order valence-corrected chi connectivity index (χ1v) is 7.14. The van der Waals surface area contributed by atoms with Crippen LogP contribution in [-0.2, 0) is 6.54 Å². The Morgan fingerprint density at radius 3 is 2.38 bits per heavy atom. The summed E-state index contributed by atoms with van der Waals surface area (Å²) in [6, 6.07) is 15.0. The number of fused-ring (bicyclic) bond motifs is 1. The molecule has 3 rings (SSSR count). The molecule has 3 aromatic rings. The molecule has 106 valence electrons. The Morgan fingerprint density at radius 1 is 1.05 bits per heavy atom. The number of nitrogens with two attached hydrogens (primary N) is 1. The van der Waals surface area contributed by atoms with Crippen LogP contribution in [0.3, 0.4) is 0 Å². The maximum absolute atomic E-state index is 11.7. The van der Waals surface area contributed by atoms with E-state index in [2.05, 4.69) is 0 Å². The predicted octanol–water partition coefficient (Wildman–Crippen LogP) is 4.10. The second-order valence-electron chi connectivity index (χ2n) is 4.76. The molecule has 2 aromatic carbocycles. The number of primary amides is 1. The normalized spacial score (nSPS) is 11.0. The first-order valence-electron chi connectivity index (χ1n) is 6.39. The Morgan fingerprint density at radius 2 is 1.71 bits per heavy atom. The summed E-state index contributed by atoms with van der Waals surface area (Å²) in [7, 11) is 0. The van der Waals surface area contributed by atoms with Gasteiger partial charge in [0.25, 0.3) is 5.91 Å². The van der Waals surface area contributed by atoms with Gasteiger partial charge >= 0.3 is 0 Å². The topological polar surface area (TPSA) is 48.0 Å². The van der Waals surface area contributed by atoms with Gasteiger partial charge < -0.3 is 10.3 Å². The lowest BCUT2D eigenvalue weighted by atomic mass is 10.2. The van der Waals surface area contributed by atoms with Crippen molar-refractivity contribution in [2.24, 2.45) is 5.73 Å². The lowest BCUT2D eigenvalue weighted by Crippen LogP contribution is -2.11. The standard InChI is InChI=1S/C16H12Cl2N2O/c17-11-7-5-10(6-8-11)9-20-13-4-2-1-3-12(13)14(15(20)18)16(19)21/h1-8H,9H2,(H2,19,21). The number of halogens is 2. The second-order valence-corrected chi connectivity index (χ2v) is 5.55. The van der Waals surface area contributed by atoms with E-state index in [1.165, 1.54) is 0 Å². The molecule has 5 heteroatoms. The van der Waals surface area contributed by atoms with Crippen molar-refractivity contribution >= 4 is 40.0 Å². The Bertz CT molecular complexity index is 822. The Hall–Kier alpha value is -1.97. The number of carbonyl (C=O) groups excluding carboxylic acids is 1. The van der Waals surface area contributed by atoms with E-state index in [1.54, 1.807) is 0 Å². The molecule has 0 unspecified atom stereocenters. The summed E-state index contributed by atoms with van der Waals surface area (Å²) in [5.41, 5.74) is 7.74. The predicted molar refractivity (Wildman–Crippen MR) is 86.0 cm³/mol. The number of aromatic nitrogens is 1. The zero-order valence-electron chi connectivity index (χ0n) is 11.0. The van der Waals surface area contributed by atoms with Crippen molar-refractivity contribution in [3.05, 3.63) is 69.8 Å². The largest absolute Gasteiger partial charge is 0.365 e. The molecule has 0 saturated carbocycles. The van der Waals surface area contributed by atoms with Gasteiger partial charge in [-0.25, -0.2) is 0 Å². The Labute approximate surface area is 131 Å². The van der Waals surface area contributed by atoms with E-state index in [1.807, 2.05) is 53.1 Å². The average molecular weight is 319 g/mol. The second kappa shape index (κ2) is 5.43. The van der Waals surface area contributed by atoms with Gasteiger partial charge in [-0.3, -0.25) is 4.79 Å². The van der Waals surface area contributed by atoms with E-state index in [9.17, 15) is 4.79 Å². The van der Waals surface area contributed by atoms with E-state index >= 15 is 0 Å². The minimum atomic E-state index is -0.522. The fourth-order valence-corrected chi connectivity index (χ4v) is 2.91. The molecular formula is C16H12Cl2N2O. The summed E-state index contributed by atoms with van der Waals surface area (Å²) in [5, 5.41) is 1.81. The molecule has 1 heterocycles. The molecule has 0 bridgehead atoms. The third-order valence-corrected chi connectivity index (χ3v) is 4.05. The van der Waals surface area contributed by atoms with Crippen molar-refractivity contribution in [1.29, 1.82) is 0 Å². The van der Waals surface area contributed by atoms with Crippen LogP contribution in [0, 0.1) is 0 Å². The van der Waals surface area contributed by atoms with Gasteiger partial charge in [-0.2, -0.15) is 0 Å². The number of benzene rings is 2. The third-order valence-electron chi connectivity index (χ3n) is 3.41. The molecule has 0 aliphatic carbocycles. The van der Waals surface area contributed by atoms with Crippen LogP contribution in [0.5, 0.6) is 0 Å². The first kappa shape index (κ1) is 14.0. The van der Waals surface area contributed by atoms with Gasteiger partial charge in [0, 0.05) is 17.0 Å². The molecule has 1 aromatic heterocycles. The number of carbonyl (C=O) groups is 1. The lowest BCUT2D eigenvalue weighted by molar-refractivity contribution is 0.100. The highest BCUT2D eigenvalue weighted by Crippen LogP contribution is 2.30. The van der Waals surface area contributed by atoms with Crippen LogP contribution >= 0.6 is 23.2 Å². The van der Waals surface area contributed by atoms with E-state index < -0.39 is 5.91 Å². The van der Waals surface area contributed by atoms with Gasteiger partial charge in [-0.15, -0.1) is 0 Å². The molecule has 0 fully saturated rings. The number of hydrogen-bond acceptors (Lipinski definition) is 1. The highest BCUT2D eigenvalue weighted by Gasteiger charge is 2.19. The van der Waals surface area contributed by atoms with Crippen LogP contribution in [0.4, 0.5) is 0 Å². The van der Waals surface area contributed by atoms with Crippen LogP contribution in [0.2, 0.25) is 10.2 Å². The van der Waals surface area contributed by atoms with Gasteiger partial charge in [-0.05, 0) is 23.8 Å². The lowest BCUT2D eigenvalue weighted by Gasteiger charge is -2.07. The van der Waals surface area contributed by atoms with Crippen molar-refractivity contribution < 1.29 is 4.79 Å². The molecule has 0 aliphatic heterocycles. The van der Waals surface area contributed by atoms with E-state index in [4.69, 9.17) is 28.9 Å². The Kier molecular flexibility index (Phi) is 3.62. The molecule has 0 aliphatic rings. The average Bonchev–Trinajstić information content (AvgIpc) is 2.74. The molecule has 0 atom stereocenters. The molecule has 2 N–H and O–H groups in total. The minimum absolute atomic E-state index is 0.360. The molecule has 3 nitrogen and oxygen atoms in total. The van der Waals surface area contributed by atoms with Crippen molar-refractivity contribution in [3.63, 3.8) is 0 Å². The van der Waals surface area contributed by atoms with Crippen molar-refractivity contribution in [3.8, 4) is 0 Å². The molecular weight excluding hydrogens is 307 g/mol.